The minimum atomic E-state index is -0.754. The van der Waals surface area contributed by atoms with Crippen LogP contribution in [0.4, 0.5) is 0 Å². The van der Waals surface area contributed by atoms with E-state index in [4.69, 9.17) is 5.11 Å². The summed E-state index contributed by atoms with van der Waals surface area (Å²) in [5.74, 6) is -0.236. The predicted octanol–water partition coefficient (Wildman–Crippen LogP) is 1.63. The zero-order valence-corrected chi connectivity index (χ0v) is 9.92. The summed E-state index contributed by atoms with van der Waals surface area (Å²) in [4.78, 5) is 15.0. The summed E-state index contributed by atoms with van der Waals surface area (Å²) in [7, 11) is 0. The molecule has 88 valence electrons. The molecule has 2 rings (SSSR count). The van der Waals surface area contributed by atoms with Crippen molar-refractivity contribution in [2.24, 2.45) is 0 Å². The van der Waals surface area contributed by atoms with Crippen LogP contribution in [-0.2, 0) is 11.2 Å². The van der Waals surface area contributed by atoms with Gasteiger partial charge in [0.25, 0.3) is 0 Å². The summed E-state index contributed by atoms with van der Waals surface area (Å²) in [6, 6.07) is 0. The Hall–Kier alpha value is -0.940. The number of aryl methyl sites for hydroxylation is 1. The Labute approximate surface area is 98.7 Å². The molecule has 0 amide bonds. The first kappa shape index (κ1) is 11.5. The summed E-state index contributed by atoms with van der Waals surface area (Å²) in [5.41, 5.74) is 1.14. The highest BCUT2D eigenvalue weighted by Crippen LogP contribution is 2.25. The maximum absolute atomic E-state index is 10.4. The van der Waals surface area contributed by atoms with Crippen LogP contribution in [0.15, 0.2) is 5.38 Å². The van der Waals surface area contributed by atoms with Gasteiger partial charge in [0.05, 0.1) is 17.1 Å². The van der Waals surface area contributed by atoms with Crippen molar-refractivity contribution in [3.63, 3.8) is 0 Å². The number of thiazole rings is 1. The second-order valence-corrected chi connectivity index (χ2v) is 5.05. The van der Waals surface area contributed by atoms with Crippen molar-refractivity contribution in [3.8, 4) is 0 Å². The number of carboxylic acids is 1. The van der Waals surface area contributed by atoms with Crippen LogP contribution in [0.2, 0.25) is 0 Å². The van der Waals surface area contributed by atoms with Gasteiger partial charge in [0, 0.05) is 24.3 Å². The Bertz CT molecular complexity index is 359. The van der Waals surface area contributed by atoms with Gasteiger partial charge < -0.3 is 10.4 Å². The number of nitrogens with zero attached hydrogens (tertiary/aromatic N) is 1. The third-order valence-corrected chi connectivity index (χ3v) is 3.76. The van der Waals surface area contributed by atoms with Crippen molar-refractivity contribution < 1.29 is 9.90 Å². The normalized spacial score (nSPS) is 20.9. The Morgan fingerprint density at radius 2 is 2.56 bits per heavy atom. The van der Waals surface area contributed by atoms with Gasteiger partial charge in [-0.25, -0.2) is 4.98 Å². The Morgan fingerprint density at radius 1 is 1.69 bits per heavy atom. The number of aliphatic carboxylic acids is 1. The monoisotopic (exact) mass is 240 g/mol. The lowest BCUT2D eigenvalue weighted by Gasteiger charge is -2.20. The van der Waals surface area contributed by atoms with Crippen LogP contribution in [0.3, 0.4) is 0 Å². The maximum atomic E-state index is 10.4. The highest BCUT2D eigenvalue weighted by Gasteiger charge is 2.17. The van der Waals surface area contributed by atoms with Crippen LogP contribution in [0.5, 0.6) is 0 Å². The van der Waals surface area contributed by atoms with Gasteiger partial charge in [0.15, 0.2) is 0 Å². The number of nitrogens with one attached hydrogen (secondary N) is 1. The van der Waals surface area contributed by atoms with Crippen molar-refractivity contribution in [2.45, 2.75) is 31.6 Å². The molecule has 0 saturated carbocycles. The molecule has 0 radical (unpaired) electrons. The summed E-state index contributed by atoms with van der Waals surface area (Å²) in [6.45, 7) is 2.11. The van der Waals surface area contributed by atoms with E-state index in [-0.39, 0.29) is 6.42 Å². The van der Waals surface area contributed by atoms with Gasteiger partial charge in [-0.3, -0.25) is 4.79 Å². The van der Waals surface area contributed by atoms with Crippen LogP contribution < -0.4 is 5.32 Å². The zero-order valence-electron chi connectivity index (χ0n) is 9.11. The second kappa shape index (κ2) is 5.41. The maximum Gasteiger partial charge on any atom is 0.303 e. The van der Waals surface area contributed by atoms with E-state index in [1.54, 1.807) is 11.3 Å². The third kappa shape index (κ3) is 3.02. The fourth-order valence-corrected chi connectivity index (χ4v) is 2.83. The molecule has 1 aliphatic heterocycles. The number of carboxylic acid groups (broad SMARTS) is 1. The molecule has 0 aliphatic carbocycles. The minimum Gasteiger partial charge on any atom is -0.481 e. The first-order valence-corrected chi connectivity index (χ1v) is 6.50. The minimum absolute atomic E-state index is 0.176. The second-order valence-electron chi connectivity index (χ2n) is 4.10. The molecule has 1 aliphatic rings. The van der Waals surface area contributed by atoms with Gasteiger partial charge in [0.1, 0.15) is 0 Å². The highest BCUT2D eigenvalue weighted by molar-refractivity contribution is 7.09. The van der Waals surface area contributed by atoms with Gasteiger partial charge >= 0.3 is 5.97 Å². The van der Waals surface area contributed by atoms with Gasteiger partial charge in [-0.15, -0.1) is 11.3 Å². The topological polar surface area (TPSA) is 62.2 Å². The molecule has 1 unspecified atom stereocenters. The standard InChI is InChI=1S/C11H16N2O2S/c14-11(15)4-3-10-13-9(7-16-10)8-2-1-5-12-6-8/h7-8,12H,1-6H2,(H,14,15). The molecule has 0 aromatic carbocycles. The third-order valence-electron chi connectivity index (χ3n) is 2.84. The van der Waals surface area contributed by atoms with Crippen molar-refractivity contribution in [1.29, 1.82) is 0 Å². The lowest BCUT2D eigenvalue weighted by Crippen LogP contribution is -2.28. The number of hydrogen-bond donors (Lipinski definition) is 2. The van der Waals surface area contributed by atoms with Crippen LogP contribution in [-0.4, -0.2) is 29.1 Å². The molecular weight excluding hydrogens is 224 g/mol. The van der Waals surface area contributed by atoms with Crippen molar-refractivity contribution in [3.05, 3.63) is 16.1 Å². The van der Waals surface area contributed by atoms with Gasteiger partial charge in [-0.05, 0) is 19.4 Å². The lowest BCUT2D eigenvalue weighted by molar-refractivity contribution is -0.136. The summed E-state index contributed by atoms with van der Waals surface area (Å²) < 4.78 is 0. The Morgan fingerprint density at radius 3 is 3.25 bits per heavy atom. The fourth-order valence-electron chi connectivity index (χ4n) is 1.95. The number of rotatable bonds is 4. The van der Waals surface area contributed by atoms with E-state index in [0.717, 1.165) is 23.8 Å². The van der Waals surface area contributed by atoms with Gasteiger partial charge in [0.2, 0.25) is 0 Å². The van der Waals surface area contributed by atoms with E-state index >= 15 is 0 Å². The smallest absolute Gasteiger partial charge is 0.303 e. The number of aromatic nitrogens is 1. The van der Waals surface area contributed by atoms with E-state index in [2.05, 4.69) is 15.7 Å². The molecule has 5 heteroatoms. The average molecular weight is 240 g/mol. The quantitative estimate of drug-likeness (QED) is 0.839. The van der Waals surface area contributed by atoms with E-state index < -0.39 is 5.97 Å². The van der Waals surface area contributed by atoms with Crippen LogP contribution in [0.1, 0.15) is 35.9 Å². The first-order valence-electron chi connectivity index (χ1n) is 5.62. The van der Waals surface area contributed by atoms with Crippen molar-refractivity contribution >= 4 is 17.3 Å². The lowest BCUT2D eigenvalue weighted by atomic mass is 9.97. The molecule has 16 heavy (non-hydrogen) atoms. The molecular formula is C11H16N2O2S. The molecule has 0 spiro atoms. The molecule has 1 fully saturated rings. The Balaban J connectivity index is 1.93. The molecule has 1 saturated heterocycles. The SMILES string of the molecule is O=C(O)CCc1nc(C2CCCNC2)cs1. The number of piperidine rings is 1. The fraction of sp³-hybridized carbons (Fsp3) is 0.636. The van der Waals surface area contributed by atoms with E-state index in [1.165, 1.54) is 12.8 Å². The first-order chi connectivity index (χ1) is 7.75. The zero-order chi connectivity index (χ0) is 11.4. The van der Waals surface area contributed by atoms with Crippen molar-refractivity contribution in [2.75, 3.05) is 13.1 Å². The van der Waals surface area contributed by atoms with Crippen LogP contribution in [0, 0.1) is 0 Å². The predicted molar refractivity (Wildman–Crippen MR) is 62.9 cm³/mol. The average Bonchev–Trinajstić information content (AvgIpc) is 2.76. The van der Waals surface area contributed by atoms with Crippen LogP contribution >= 0.6 is 11.3 Å². The largest absolute Gasteiger partial charge is 0.481 e. The molecule has 1 atom stereocenters. The Kier molecular flexibility index (Phi) is 3.90. The molecule has 2 heterocycles. The molecule has 0 bridgehead atoms. The van der Waals surface area contributed by atoms with Gasteiger partial charge in [-0.2, -0.15) is 0 Å². The van der Waals surface area contributed by atoms with Crippen LogP contribution in [0.25, 0.3) is 0 Å². The molecule has 2 N–H and O–H groups in total. The van der Waals surface area contributed by atoms with Crippen molar-refractivity contribution in [1.82, 2.24) is 10.3 Å². The summed E-state index contributed by atoms with van der Waals surface area (Å²) in [5, 5.41) is 15.0. The molecule has 4 nitrogen and oxygen atoms in total. The van der Waals surface area contributed by atoms with Gasteiger partial charge in [-0.1, -0.05) is 0 Å². The number of carbonyl (C=O) groups is 1. The van der Waals surface area contributed by atoms with E-state index in [1.807, 2.05) is 0 Å². The summed E-state index contributed by atoms with van der Waals surface area (Å²) >= 11 is 1.58. The van der Waals surface area contributed by atoms with E-state index in [0.29, 0.717) is 12.3 Å². The molecule has 1 aromatic heterocycles. The summed E-state index contributed by atoms with van der Waals surface area (Å²) in [6.07, 6.45) is 3.12. The number of hydrogen-bond acceptors (Lipinski definition) is 4. The van der Waals surface area contributed by atoms with E-state index in [9.17, 15) is 4.79 Å². The highest BCUT2D eigenvalue weighted by atomic mass is 32.1. The molecule has 1 aromatic rings.